The minimum atomic E-state index is -1.53. The highest BCUT2D eigenvalue weighted by molar-refractivity contribution is 6.89. The summed E-state index contributed by atoms with van der Waals surface area (Å²) >= 11 is 0. The van der Waals surface area contributed by atoms with Crippen LogP contribution in [-0.4, -0.2) is 24.9 Å². The van der Waals surface area contributed by atoms with E-state index in [1.165, 1.54) is 120 Å². The molecule has 0 spiro atoms. The molecule has 0 fully saturated rings. The van der Waals surface area contributed by atoms with E-state index in [1.54, 1.807) is 0 Å². The Hall–Kier alpha value is -8.95. The number of para-hydroxylation sites is 4. The Balaban J connectivity index is 0.978. The molecule has 15 rings (SSSR count). The molecule has 0 saturated carbocycles. The van der Waals surface area contributed by atoms with Crippen molar-refractivity contribution in [3.05, 3.63) is 242 Å². The summed E-state index contributed by atoms with van der Waals surface area (Å²) in [5, 5.41) is 12.9. The molecule has 0 aliphatic rings. The highest BCUT2D eigenvalue weighted by Gasteiger charge is 2.31. The zero-order valence-electron chi connectivity index (χ0n) is 51.7. The minimum absolute atomic E-state index is 0.0378. The van der Waals surface area contributed by atoms with E-state index in [4.69, 9.17) is 0 Å². The Labute approximate surface area is 507 Å². The van der Waals surface area contributed by atoms with Gasteiger partial charge in [-0.05, 0) is 118 Å². The Morgan fingerprint density at radius 1 is 0.302 bits per heavy atom. The second-order valence-corrected chi connectivity index (χ2v) is 38.4. The third-order valence-corrected chi connectivity index (χ3v) is 22.7. The van der Waals surface area contributed by atoms with Crippen molar-refractivity contribution in [2.75, 3.05) is 9.80 Å². The average Bonchev–Trinajstić information content (AvgIpc) is 1.52. The molecule has 0 atom stereocenters. The Kier molecular flexibility index (Phi) is 12.1. The van der Waals surface area contributed by atoms with E-state index in [0.717, 1.165) is 34.1 Å². The standard InChI is InChI=1S/C80H74N4Si2/c1-79(2,3)53-35-43-69(63(47-53)51-31-37-57(38-32-51)85(7,8)9)81(55-23-15-13-16-24-55)71-45-41-59-65-49-74-66(50-73(65)83-67-29-21-19-27-61(67)75(71)77(59)83)60-42-46-72(76-62-28-20-22-30-68(62)84(74)78(60)76)82(56-25-17-14-18-26-56)70-44-36-54(80(4,5)6)48-64(70)52-33-39-58(40-34-52)86(10,11)12/h13-50H,1-12H3. The summed E-state index contributed by atoms with van der Waals surface area (Å²) in [5.74, 6) is 0. The van der Waals surface area contributed by atoms with Crippen LogP contribution in [0.25, 0.3) is 98.4 Å². The third-order valence-electron chi connectivity index (χ3n) is 18.6. The van der Waals surface area contributed by atoms with Gasteiger partial charge in [-0.25, -0.2) is 0 Å². The van der Waals surface area contributed by atoms with Gasteiger partial charge in [-0.3, -0.25) is 0 Å². The van der Waals surface area contributed by atoms with Crippen LogP contribution >= 0.6 is 0 Å². The Morgan fingerprint density at radius 2 is 0.651 bits per heavy atom. The number of hydrogen-bond acceptors (Lipinski definition) is 2. The molecule has 4 aromatic heterocycles. The molecular weight excluding hydrogens is 1070 g/mol. The van der Waals surface area contributed by atoms with Crippen molar-refractivity contribution in [2.24, 2.45) is 0 Å². The van der Waals surface area contributed by atoms with Crippen molar-refractivity contribution < 1.29 is 0 Å². The van der Waals surface area contributed by atoms with Crippen molar-refractivity contribution in [2.45, 2.75) is 91.7 Å². The molecule has 0 aliphatic heterocycles. The van der Waals surface area contributed by atoms with Crippen molar-refractivity contribution in [3.8, 4) is 22.3 Å². The number of nitrogens with zero attached hydrogens (tertiary/aromatic N) is 4. The molecule has 0 unspecified atom stereocenters. The first-order valence-electron chi connectivity index (χ1n) is 30.8. The van der Waals surface area contributed by atoms with Crippen LogP contribution in [0.1, 0.15) is 52.7 Å². The molecule has 422 valence electrons. The van der Waals surface area contributed by atoms with E-state index < -0.39 is 16.1 Å². The lowest BCUT2D eigenvalue weighted by atomic mass is 9.84. The van der Waals surface area contributed by atoms with Crippen LogP contribution in [0.3, 0.4) is 0 Å². The van der Waals surface area contributed by atoms with Crippen LogP contribution in [0.2, 0.25) is 39.3 Å². The SMILES string of the molecule is CC(C)(C)c1ccc(N(c2ccccc2)c2ccc3c4cc5c(cc4n4c6ccccc6c2c34)c2ccc(N(c3ccccc3)c3ccc(C(C)(C)C)cc3-c3ccc([Si](C)(C)C)cc3)c3c4ccccc4n5c23)c(-c2ccc([Si](C)(C)C)cc2)c1. The molecule has 4 heterocycles. The number of rotatable bonds is 10. The molecule has 6 heteroatoms. The number of hydrogen-bond donors (Lipinski definition) is 0. The fourth-order valence-electron chi connectivity index (χ4n) is 14.0. The Morgan fingerprint density at radius 3 is 1.01 bits per heavy atom. The van der Waals surface area contributed by atoms with Crippen LogP contribution in [0.4, 0.5) is 34.1 Å². The van der Waals surface area contributed by atoms with E-state index in [9.17, 15) is 0 Å². The molecular formula is C80H74N4Si2. The molecule has 0 N–H and O–H groups in total. The number of anilines is 6. The predicted octanol–water partition coefficient (Wildman–Crippen LogP) is 21.9. The summed E-state index contributed by atoms with van der Waals surface area (Å²) in [6, 6.07) is 88.3. The fraction of sp³-hybridized carbons (Fsp3) is 0.175. The first kappa shape index (κ1) is 53.8. The van der Waals surface area contributed by atoms with Gasteiger partial charge < -0.3 is 18.6 Å². The second-order valence-electron chi connectivity index (χ2n) is 28.3. The average molecular weight is 1150 g/mol. The molecule has 0 bridgehead atoms. The molecule has 0 saturated heterocycles. The number of aromatic nitrogens is 2. The normalized spacial score (nSPS) is 12.9. The second kappa shape index (κ2) is 19.3. The smallest absolute Gasteiger partial charge is 0.0775 e. The number of benzene rings is 11. The summed E-state index contributed by atoms with van der Waals surface area (Å²) in [5.41, 5.74) is 21.7. The highest BCUT2D eigenvalue weighted by atomic mass is 28.3. The van der Waals surface area contributed by atoms with Crippen molar-refractivity contribution in [1.82, 2.24) is 8.80 Å². The van der Waals surface area contributed by atoms with Crippen molar-refractivity contribution in [3.63, 3.8) is 0 Å². The van der Waals surface area contributed by atoms with E-state index in [-0.39, 0.29) is 10.8 Å². The van der Waals surface area contributed by atoms with Gasteiger partial charge in [-0.1, -0.05) is 237 Å². The molecule has 11 aromatic carbocycles. The van der Waals surface area contributed by atoms with Gasteiger partial charge in [-0.15, -0.1) is 0 Å². The van der Waals surface area contributed by atoms with Gasteiger partial charge in [0.05, 0.1) is 72.0 Å². The van der Waals surface area contributed by atoms with Gasteiger partial charge in [0.25, 0.3) is 0 Å². The summed E-state index contributed by atoms with van der Waals surface area (Å²) in [4.78, 5) is 5.07. The topological polar surface area (TPSA) is 15.3 Å². The number of fused-ring (bicyclic) bond motifs is 12. The maximum atomic E-state index is 2.58. The highest BCUT2D eigenvalue weighted by Crippen LogP contribution is 2.53. The van der Waals surface area contributed by atoms with Crippen LogP contribution in [-0.2, 0) is 10.8 Å². The maximum absolute atomic E-state index is 2.58. The maximum Gasteiger partial charge on any atom is 0.0775 e. The quantitative estimate of drug-likeness (QED) is 0.127. The third kappa shape index (κ3) is 8.42. The lowest BCUT2D eigenvalue weighted by Crippen LogP contribution is -2.37. The first-order chi connectivity index (χ1) is 41.2. The molecule has 15 aromatic rings. The van der Waals surface area contributed by atoms with Crippen molar-refractivity contribution >= 4 is 137 Å². The largest absolute Gasteiger partial charge is 0.309 e. The predicted molar refractivity (Wildman–Crippen MR) is 379 cm³/mol. The van der Waals surface area contributed by atoms with Crippen LogP contribution in [0.5, 0.6) is 0 Å². The molecule has 4 nitrogen and oxygen atoms in total. The zero-order chi connectivity index (χ0) is 59.3. The van der Waals surface area contributed by atoms with Gasteiger partial charge in [0.2, 0.25) is 0 Å². The monoisotopic (exact) mass is 1150 g/mol. The minimum Gasteiger partial charge on any atom is -0.309 e. The van der Waals surface area contributed by atoms with Crippen LogP contribution in [0, 0.1) is 0 Å². The first-order valence-corrected chi connectivity index (χ1v) is 37.8. The lowest BCUT2D eigenvalue weighted by Gasteiger charge is -2.30. The summed E-state index contributed by atoms with van der Waals surface area (Å²) in [7, 11) is -3.06. The molecule has 0 radical (unpaired) electrons. The van der Waals surface area contributed by atoms with Gasteiger partial charge in [0.15, 0.2) is 0 Å². The van der Waals surface area contributed by atoms with Gasteiger partial charge in [-0.2, -0.15) is 0 Å². The van der Waals surface area contributed by atoms with Crippen molar-refractivity contribution in [1.29, 1.82) is 0 Å². The van der Waals surface area contributed by atoms with Gasteiger partial charge >= 0.3 is 0 Å². The van der Waals surface area contributed by atoms with Crippen LogP contribution < -0.4 is 20.2 Å². The van der Waals surface area contributed by atoms with E-state index in [0.29, 0.717) is 0 Å². The molecule has 0 aliphatic carbocycles. The zero-order valence-corrected chi connectivity index (χ0v) is 53.7. The van der Waals surface area contributed by atoms with E-state index >= 15 is 0 Å². The fourth-order valence-corrected chi connectivity index (χ4v) is 16.3. The lowest BCUT2D eigenvalue weighted by molar-refractivity contribution is 0.590. The summed E-state index contributed by atoms with van der Waals surface area (Å²) in [6.07, 6.45) is 0. The van der Waals surface area contributed by atoms with Gasteiger partial charge in [0.1, 0.15) is 0 Å². The van der Waals surface area contributed by atoms with E-state index in [1.807, 2.05) is 0 Å². The van der Waals surface area contributed by atoms with E-state index in [2.05, 4.69) is 330 Å². The van der Waals surface area contributed by atoms with Crippen LogP contribution in [0.15, 0.2) is 231 Å². The van der Waals surface area contributed by atoms with Gasteiger partial charge in [0, 0.05) is 65.6 Å². The molecule has 86 heavy (non-hydrogen) atoms. The Bertz CT molecular complexity index is 4800. The summed E-state index contributed by atoms with van der Waals surface area (Å²) < 4.78 is 5.16. The molecule has 0 amide bonds. The summed E-state index contributed by atoms with van der Waals surface area (Å²) in [6.45, 7) is 28.5.